The van der Waals surface area contributed by atoms with Crippen molar-refractivity contribution in [3.63, 3.8) is 0 Å². The van der Waals surface area contributed by atoms with Crippen LogP contribution in [0.1, 0.15) is 50.2 Å². The van der Waals surface area contributed by atoms with Gasteiger partial charge >= 0.3 is 0 Å². The molecule has 0 spiro atoms. The van der Waals surface area contributed by atoms with Crippen molar-refractivity contribution in [2.75, 3.05) is 13.7 Å². The molecule has 1 fully saturated rings. The highest BCUT2D eigenvalue weighted by atomic mass is 16.5. The molecule has 3 nitrogen and oxygen atoms in total. The minimum Gasteiger partial charge on any atom is -0.496 e. The average molecular weight is 289 g/mol. The Hall–Kier alpha value is -1.22. The van der Waals surface area contributed by atoms with Gasteiger partial charge in [-0.05, 0) is 37.9 Å². The molecule has 0 aromatic heterocycles. The van der Waals surface area contributed by atoms with Gasteiger partial charge < -0.3 is 14.8 Å². The molecule has 3 rings (SSSR count). The molecule has 0 saturated heterocycles. The number of fused-ring (bicyclic) bond motifs is 1. The van der Waals surface area contributed by atoms with E-state index in [1.807, 2.05) is 0 Å². The first kappa shape index (κ1) is 14.7. The van der Waals surface area contributed by atoms with Gasteiger partial charge in [0.2, 0.25) is 0 Å². The van der Waals surface area contributed by atoms with Crippen LogP contribution < -0.4 is 14.8 Å². The quantitative estimate of drug-likeness (QED) is 0.810. The zero-order valence-corrected chi connectivity index (χ0v) is 13.3. The van der Waals surface area contributed by atoms with E-state index in [-0.39, 0.29) is 6.10 Å². The number of nitrogens with one attached hydrogen (secondary N) is 1. The first-order chi connectivity index (χ1) is 10.3. The van der Waals surface area contributed by atoms with Crippen LogP contribution in [0, 0.1) is 5.92 Å². The van der Waals surface area contributed by atoms with Crippen molar-refractivity contribution in [1.29, 1.82) is 0 Å². The van der Waals surface area contributed by atoms with E-state index in [2.05, 4.69) is 24.4 Å². The standard InChI is InChI=1S/C18H27NO2/c1-13-9-15-10-17(20-2)16(11-18(15)21-13)12-19-8-7-14-5-3-4-6-14/h10-11,13-14,19H,3-9,12H2,1-2H3. The van der Waals surface area contributed by atoms with E-state index < -0.39 is 0 Å². The number of hydrogen-bond acceptors (Lipinski definition) is 3. The highest BCUT2D eigenvalue weighted by Crippen LogP contribution is 2.35. The predicted molar refractivity (Wildman–Crippen MR) is 85.1 cm³/mol. The molecule has 0 radical (unpaired) electrons. The first-order valence-corrected chi connectivity index (χ1v) is 8.33. The van der Waals surface area contributed by atoms with Crippen molar-refractivity contribution in [3.05, 3.63) is 23.3 Å². The van der Waals surface area contributed by atoms with Crippen LogP contribution in [0.5, 0.6) is 11.5 Å². The second-order valence-electron chi connectivity index (χ2n) is 6.52. The summed E-state index contributed by atoms with van der Waals surface area (Å²) in [6, 6.07) is 4.30. The van der Waals surface area contributed by atoms with Crippen LogP contribution in [-0.2, 0) is 13.0 Å². The molecule has 1 aliphatic heterocycles. The Morgan fingerprint density at radius 1 is 1.29 bits per heavy atom. The van der Waals surface area contributed by atoms with Crippen molar-refractivity contribution >= 4 is 0 Å². The monoisotopic (exact) mass is 289 g/mol. The van der Waals surface area contributed by atoms with E-state index in [4.69, 9.17) is 9.47 Å². The maximum absolute atomic E-state index is 5.85. The highest BCUT2D eigenvalue weighted by Gasteiger charge is 2.21. The molecular formula is C18H27NO2. The smallest absolute Gasteiger partial charge is 0.123 e. The minimum atomic E-state index is 0.287. The Balaban J connectivity index is 1.55. The summed E-state index contributed by atoms with van der Waals surface area (Å²) >= 11 is 0. The van der Waals surface area contributed by atoms with Gasteiger partial charge in [0, 0.05) is 24.1 Å². The molecule has 1 aliphatic carbocycles. The molecule has 0 amide bonds. The Kier molecular flexibility index (Phi) is 4.69. The van der Waals surface area contributed by atoms with Crippen LogP contribution in [-0.4, -0.2) is 19.8 Å². The molecule has 1 aromatic carbocycles. The van der Waals surface area contributed by atoms with Crippen LogP contribution in [0.4, 0.5) is 0 Å². The maximum atomic E-state index is 5.85. The fourth-order valence-electron chi connectivity index (χ4n) is 3.64. The van der Waals surface area contributed by atoms with Crippen LogP contribution in [0.3, 0.4) is 0 Å². The van der Waals surface area contributed by atoms with Gasteiger partial charge in [-0.2, -0.15) is 0 Å². The molecule has 1 atom stereocenters. The maximum Gasteiger partial charge on any atom is 0.123 e. The highest BCUT2D eigenvalue weighted by molar-refractivity contribution is 5.48. The zero-order valence-electron chi connectivity index (χ0n) is 13.3. The Labute approximate surface area is 128 Å². The molecule has 0 bridgehead atoms. The van der Waals surface area contributed by atoms with E-state index in [1.165, 1.54) is 43.2 Å². The van der Waals surface area contributed by atoms with E-state index in [9.17, 15) is 0 Å². The summed E-state index contributed by atoms with van der Waals surface area (Å²) in [7, 11) is 1.75. The number of ether oxygens (including phenoxy) is 2. The summed E-state index contributed by atoms with van der Waals surface area (Å²) in [6.07, 6.45) is 8.29. The largest absolute Gasteiger partial charge is 0.496 e. The fraction of sp³-hybridized carbons (Fsp3) is 0.667. The summed E-state index contributed by atoms with van der Waals surface area (Å²) in [5, 5.41) is 3.57. The van der Waals surface area contributed by atoms with E-state index in [0.717, 1.165) is 36.9 Å². The lowest BCUT2D eigenvalue weighted by molar-refractivity contribution is 0.254. The molecule has 21 heavy (non-hydrogen) atoms. The van der Waals surface area contributed by atoms with Gasteiger partial charge in [-0.25, -0.2) is 0 Å². The molecule has 1 unspecified atom stereocenters. The molecule has 3 heteroatoms. The summed E-state index contributed by atoms with van der Waals surface area (Å²) in [5.74, 6) is 2.97. The van der Waals surface area contributed by atoms with Crippen LogP contribution >= 0.6 is 0 Å². The third kappa shape index (κ3) is 3.52. The summed E-state index contributed by atoms with van der Waals surface area (Å²) < 4.78 is 11.4. The summed E-state index contributed by atoms with van der Waals surface area (Å²) in [5.41, 5.74) is 2.48. The van der Waals surface area contributed by atoms with Gasteiger partial charge in [0.1, 0.15) is 17.6 Å². The summed E-state index contributed by atoms with van der Waals surface area (Å²) in [6.45, 7) is 4.08. The van der Waals surface area contributed by atoms with Crippen molar-refractivity contribution < 1.29 is 9.47 Å². The first-order valence-electron chi connectivity index (χ1n) is 8.33. The minimum absolute atomic E-state index is 0.287. The molecule has 1 N–H and O–H groups in total. The van der Waals surface area contributed by atoms with Gasteiger partial charge in [-0.1, -0.05) is 25.7 Å². The lowest BCUT2D eigenvalue weighted by atomic mass is 10.0. The van der Waals surface area contributed by atoms with Crippen molar-refractivity contribution in [2.24, 2.45) is 5.92 Å². The number of rotatable bonds is 6. The van der Waals surface area contributed by atoms with Crippen LogP contribution in [0.2, 0.25) is 0 Å². The van der Waals surface area contributed by atoms with E-state index >= 15 is 0 Å². The van der Waals surface area contributed by atoms with Crippen molar-refractivity contribution in [1.82, 2.24) is 5.32 Å². The molecule has 1 aromatic rings. The third-order valence-corrected chi connectivity index (χ3v) is 4.82. The molecular weight excluding hydrogens is 262 g/mol. The topological polar surface area (TPSA) is 30.5 Å². The van der Waals surface area contributed by atoms with Crippen LogP contribution in [0.15, 0.2) is 12.1 Å². The van der Waals surface area contributed by atoms with E-state index in [1.54, 1.807) is 7.11 Å². The second-order valence-corrected chi connectivity index (χ2v) is 6.52. The normalized spacial score (nSPS) is 21.3. The molecule has 2 aliphatic rings. The lowest BCUT2D eigenvalue weighted by Gasteiger charge is -2.13. The fourth-order valence-corrected chi connectivity index (χ4v) is 3.64. The van der Waals surface area contributed by atoms with Gasteiger partial charge in [0.25, 0.3) is 0 Å². The van der Waals surface area contributed by atoms with Crippen molar-refractivity contribution in [2.45, 2.75) is 58.1 Å². The second kappa shape index (κ2) is 6.69. The zero-order chi connectivity index (χ0) is 14.7. The SMILES string of the molecule is COc1cc2c(cc1CNCCC1CCCC1)OC(C)C2. The van der Waals surface area contributed by atoms with Crippen molar-refractivity contribution in [3.8, 4) is 11.5 Å². The third-order valence-electron chi connectivity index (χ3n) is 4.82. The Morgan fingerprint density at radius 2 is 2.10 bits per heavy atom. The average Bonchev–Trinajstić information content (AvgIpc) is 3.10. The van der Waals surface area contributed by atoms with E-state index in [0.29, 0.717) is 0 Å². The van der Waals surface area contributed by atoms with Gasteiger partial charge in [0.05, 0.1) is 7.11 Å². The predicted octanol–water partition coefficient (Wildman–Crippen LogP) is 3.69. The van der Waals surface area contributed by atoms with Gasteiger partial charge in [0.15, 0.2) is 0 Å². The molecule has 1 heterocycles. The lowest BCUT2D eigenvalue weighted by Crippen LogP contribution is -2.17. The van der Waals surface area contributed by atoms with Gasteiger partial charge in [-0.15, -0.1) is 0 Å². The Morgan fingerprint density at radius 3 is 2.86 bits per heavy atom. The number of benzene rings is 1. The van der Waals surface area contributed by atoms with Crippen LogP contribution in [0.25, 0.3) is 0 Å². The summed E-state index contributed by atoms with van der Waals surface area (Å²) in [4.78, 5) is 0. The Bertz CT molecular complexity index is 480. The van der Waals surface area contributed by atoms with Gasteiger partial charge in [-0.3, -0.25) is 0 Å². The number of methoxy groups -OCH3 is 1. The molecule has 1 saturated carbocycles. The molecule has 116 valence electrons. The number of hydrogen-bond donors (Lipinski definition) is 1.